The van der Waals surface area contributed by atoms with Gasteiger partial charge in [-0.05, 0) is 24.3 Å². The van der Waals surface area contributed by atoms with Crippen LogP contribution in [0.2, 0.25) is 0 Å². The molecule has 1 aromatic heterocycles. The summed E-state index contributed by atoms with van der Waals surface area (Å²) in [6, 6.07) is 12.2. The Morgan fingerprint density at radius 2 is 1.94 bits per heavy atom. The van der Waals surface area contributed by atoms with E-state index in [0.717, 1.165) is 11.3 Å². The van der Waals surface area contributed by atoms with Crippen molar-refractivity contribution in [2.24, 2.45) is 4.99 Å². The minimum Gasteiger partial charge on any atom is -0.264 e. The second kappa shape index (κ2) is 4.55. The zero-order valence-electron chi connectivity index (χ0n) is 9.08. The highest BCUT2D eigenvalue weighted by Gasteiger charge is 2.09. The molecule has 0 N–H and O–H groups in total. The van der Waals surface area contributed by atoms with Gasteiger partial charge in [-0.1, -0.05) is 30.0 Å². The van der Waals surface area contributed by atoms with Gasteiger partial charge in [0.2, 0.25) is 0 Å². The van der Waals surface area contributed by atoms with Gasteiger partial charge in [-0.2, -0.15) is 0 Å². The quantitative estimate of drug-likeness (QED) is 0.752. The van der Waals surface area contributed by atoms with E-state index < -0.39 is 0 Å². The molecule has 17 heavy (non-hydrogen) atoms. The van der Waals surface area contributed by atoms with Crippen molar-refractivity contribution in [1.29, 1.82) is 0 Å². The zero-order valence-corrected chi connectivity index (χ0v) is 9.89. The predicted octanol–water partition coefficient (Wildman–Crippen LogP) is 3.93. The Labute approximate surface area is 104 Å². The van der Waals surface area contributed by atoms with Gasteiger partial charge in [0.15, 0.2) is 0 Å². The first-order chi connectivity index (χ1) is 8.43. The molecule has 0 atom stereocenters. The van der Waals surface area contributed by atoms with Crippen LogP contribution in [-0.2, 0) is 0 Å². The molecular weight excluding hydrogens is 228 g/mol. The average molecular weight is 238 g/mol. The Hall–Kier alpha value is -1.87. The minimum absolute atomic E-state index is 1.02. The van der Waals surface area contributed by atoms with Crippen molar-refractivity contribution in [2.75, 3.05) is 0 Å². The number of pyridine rings is 1. The van der Waals surface area contributed by atoms with Gasteiger partial charge in [0.25, 0.3) is 0 Å². The molecule has 0 spiro atoms. The molecule has 2 nitrogen and oxygen atoms in total. The molecule has 0 bridgehead atoms. The summed E-state index contributed by atoms with van der Waals surface area (Å²) >= 11 is 1.73. The van der Waals surface area contributed by atoms with Gasteiger partial charge in [0, 0.05) is 34.0 Å². The maximum Gasteiger partial charge on any atom is 0.0768 e. The van der Waals surface area contributed by atoms with Crippen LogP contribution in [0.25, 0.3) is 4.91 Å². The Morgan fingerprint density at radius 3 is 2.82 bits per heavy atom. The first kappa shape index (κ1) is 10.3. The standard InChI is InChI=1S/C14H10N2S/c1-2-6-14-12(5-1)16-9-7-13(17-14)11-4-3-8-15-10-11/h1-10H. The molecule has 0 unspecified atom stereocenters. The average Bonchev–Trinajstić information content (AvgIpc) is 2.62. The summed E-state index contributed by atoms with van der Waals surface area (Å²) in [6.45, 7) is 0. The molecule has 1 aliphatic rings. The number of aromatic nitrogens is 1. The van der Waals surface area contributed by atoms with E-state index in [1.54, 1.807) is 18.0 Å². The molecule has 0 aliphatic carbocycles. The van der Waals surface area contributed by atoms with Crippen molar-refractivity contribution in [3.05, 3.63) is 60.4 Å². The highest BCUT2D eigenvalue weighted by molar-refractivity contribution is 8.08. The Kier molecular flexibility index (Phi) is 2.76. The summed E-state index contributed by atoms with van der Waals surface area (Å²) in [5, 5.41) is 0. The van der Waals surface area contributed by atoms with Crippen LogP contribution in [-0.4, -0.2) is 11.2 Å². The third-order valence-electron chi connectivity index (χ3n) is 2.47. The van der Waals surface area contributed by atoms with Crippen molar-refractivity contribution >= 4 is 28.6 Å². The SMILES string of the molecule is C1=Nc2ccccc2SC(c2cccnc2)=C1. The molecule has 0 fully saturated rings. The van der Waals surface area contributed by atoms with Gasteiger partial charge in [-0.3, -0.25) is 9.98 Å². The van der Waals surface area contributed by atoms with Crippen LogP contribution in [0.3, 0.4) is 0 Å². The van der Waals surface area contributed by atoms with Crippen molar-refractivity contribution in [2.45, 2.75) is 4.90 Å². The van der Waals surface area contributed by atoms with Crippen LogP contribution < -0.4 is 0 Å². The molecule has 2 aromatic rings. The van der Waals surface area contributed by atoms with Crippen molar-refractivity contribution in [3.8, 4) is 0 Å². The third kappa shape index (κ3) is 2.15. The highest BCUT2D eigenvalue weighted by Crippen LogP contribution is 2.40. The van der Waals surface area contributed by atoms with Crippen LogP contribution in [0.5, 0.6) is 0 Å². The zero-order chi connectivity index (χ0) is 11.5. The lowest BCUT2D eigenvalue weighted by atomic mass is 10.2. The van der Waals surface area contributed by atoms with E-state index in [9.17, 15) is 0 Å². The normalized spacial score (nSPS) is 13.8. The van der Waals surface area contributed by atoms with Gasteiger partial charge in [0.1, 0.15) is 0 Å². The number of benzene rings is 1. The van der Waals surface area contributed by atoms with E-state index in [1.165, 1.54) is 9.80 Å². The van der Waals surface area contributed by atoms with Gasteiger partial charge < -0.3 is 0 Å². The molecule has 0 saturated carbocycles. The second-order valence-corrected chi connectivity index (χ2v) is 4.70. The number of nitrogens with zero attached hydrogens (tertiary/aromatic N) is 2. The number of allylic oxidation sites excluding steroid dienone is 1. The molecule has 82 valence electrons. The fourth-order valence-electron chi connectivity index (χ4n) is 1.65. The summed E-state index contributed by atoms with van der Waals surface area (Å²) in [7, 11) is 0. The van der Waals surface area contributed by atoms with Gasteiger partial charge in [-0.25, -0.2) is 0 Å². The molecule has 2 heterocycles. The van der Waals surface area contributed by atoms with Crippen LogP contribution in [0.4, 0.5) is 5.69 Å². The molecule has 0 amide bonds. The second-order valence-electron chi connectivity index (χ2n) is 3.62. The summed E-state index contributed by atoms with van der Waals surface area (Å²) in [5.41, 5.74) is 2.15. The van der Waals surface area contributed by atoms with Gasteiger partial charge in [0.05, 0.1) is 5.69 Å². The first-order valence-corrected chi connectivity index (χ1v) is 6.17. The summed E-state index contributed by atoms with van der Waals surface area (Å²) < 4.78 is 0. The summed E-state index contributed by atoms with van der Waals surface area (Å²) in [6.07, 6.45) is 7.54. The van der Waals surface area contributed by atoms with Crippen LogP contribution in [0, 0.1) is 0 Å². The molecule has 3 rings (SSSR count). The van der Waals surface area contributed by atoms with E-state index in [4.69, 9.17) is 0 Å². The van der Waals surface area contributed by atoms with Crippen LogP contribution in [0.1, 0.15) is 5.56 Å². The van der Waals surface area contributed by atoms with Crippen LogP contribution >= 0.6 is 11.8 Å². The predicted molar refractivity (Wildman–Crippen MR) is 72.7 cm³/mol. The van der Waals surface area contributed by atoms with Gasteiger partial charge in [-0.15, -0.1) is 0 Å². The van der Waals surface area contributed by atoms with Crippen molar-refractivity contribution < 1.29 is 0 Å². The largest absolute Gasteiger partial charge is 0.264 e. The number of hydrogen-bond acceptors (Lipinski definition) is 3. The lowest BCUT2D eigenvalue weighted by Gasteiger charge is -2.06. The third-order valence-corrected chi connectivity index (χ3v) is 3.63. The summed E-state index contributed by atoms with van der Waals surface area (Å²) in [5.74, 6) is 0. The fourth-order valence-corrected chi connectivity index (χ4v) is 2.63. The smallest absolute Gasteiger partial charge is 0.0768 e. The lowest BCUT2D eigenvalue weighted by Crippen LogP contribution is -1.81. The maximum absolute atomic E-state index is 4.42. The molecule has 3 heteroatoms. The lowest BCUT2D eigenvalue weighted by molar-refractivity contribution is 1.32. The number of para-hydroxylation sites is 1. The number of aliphatic imine (C=N–C) groups is 1. The van der Waals surface area contributed by atoms with E-state index in [0.29, 0.717) is 0 Å². The maximum atomic E-state index is 4.42. The first-order valence-electron chi connectivity index (χ1n) is 5.35. The molecular formula is C14H10N2S. The fraction of sp³-hybridized carbons (Fsp3) is 0. The monoisotopic (exact) mass is 238 g/mol. The number of thioether (sulfide) groups is 1. The molecule has 1 aliphatic heterocycles. The minimum atomic E-state index is 1.02. The Bertz CT molecular complexity index is 588. The Balaban J connectivity index is 2.02. The van der Waals surface area contributed by atoms with Crippen molar-refractivity contribution in [3.63, 3.8) is 0 Å². The Morgan fingerprint density at radius 1 is 1.00 bits per heavy atom. The number of rotatable bonds is 1. The van der Waals surface area contributed by atoms with E-state index in [1.807, 2.05) is 42.8 Å². The van der Waals surface area contributed by atoms with Crippen molar-refractivity contribution in [1.82, 2.24) is 4.98 Å². The molecule has 0 radical (unpaired) electrons. The van der Waals surface area contributed by atoms with Crippen LogP contribution in [0.15, 0.2) is 64.8 Å². The van der Waals surface area contributed by atoms with E-state index in [2.05, 4.69) is 22.1 Å². The topological polar surface area (TPSA) is 25.2 Å². The number of hydrogen-bond donors (Lipinski definition) is 0. The molecule has 1 aromatic carbocycles. The summed E-state index contributed by atoms with van der Waals surface area (Å²) in [4.78, 5) is 10.9. The van der Waals surface area contributed by atoms with E-state index >= 15 is 0 Å². The number of fused-ring (bicyclic) bond motifs is 1. The highest BCUT2D eigenvalue weighted by atomic mass is 32.2. The van der Waals surface area contributed by atoms with E-state index in [-0.39, 0.29) is 0 Å². The van der Waals surface area contributed by atoms with Gasteiger partial charge >= 0.3 is 0 Å². The molecule has 0 saturated heterocycles.